The Balaban J connectivity index is 1.75. The van der Waals surface area contributed by atoms with Gasteiger partial charge in [-0.1, -0.05) is 46.3 Å². The average Bonchev–Trinajstić information content (AvgIpc) is 3.36. The van der Waals surface area contributed by atoms with Crippen LogP contribution in [0.25, 0.3) is 5.76 Å². The third kappa shape index (κ3) is 4.16. The van der Waals surface area contributed by atoms with Crippen LogP contribution in [0, 0.1) is 5.82 Å². The van der Waals surface area contributed by atoms with E-state index in [1.807, 2.05) is 10.8 Å². The van der Waals surface area contributed by atoms with Gasteiger partial charge in [-0.05, 0) is 18.2 Å². The topological polar surface area (TPSA) is 77.3 Å². The van der Waals surface area contributed by atoms with Crippen LogP contribution in [-0.2, 0) is 16.1 Å². The van der Waals surface area contributed by atoms with E-state index in [4.69, 9.17) is 0 Å². The van der Waals surface area contributed by atoms with E-state index in [0.29, 0.717) is 18.5 Å². The maximum absolute atomic E-state index is 14.7. The van der Waals surface area contributed by atoms with E-state index in [0.717, 1.165) is 4.47 Å². The number of halogens is 2. The van der Waals surface area contributed by atoms with Crippen LogP contribution >= 0.6 is 15.9 Å². The molecule has 1 aliphatic heterocycles. The van der Waals surface area contributed by atoms with Gasteiger partial charge in [-0.2, -0.15) is 0 Å². The fourth-order valence-electron chi connectivity index (χ4n) is 3.78. The molecule has 3 aromatic rings. The van der Waals surface area contributed by atoms with Crippen molar-refractivity contribution in [1.82, 2.24) is 9.88 Å². The molecule has 0 spiro atoms. The number of aliphatic hydroxyl groups is 1. The number of nitrogens with one attached hydrogen (secondary N) is 1. The monoisotopic (exact) mass is 484 g/mol. The highest BCUT2D eigenvalue weighted by molar-refractivity contribution is 9.10. The van der Waals surface area contributed by atoms with E-state index in [2.05, 4.69) is 20.9 Å². The number of likely N-dealkylation sites (tertiary alicyclic amines) is 1. The lowest BCUT2D eigenvalue weighted by molar-refractivity contribution is -0.695. The van der Waals surface area contributed by atoms with Gasteiger partial charge in [-0.3, -0.25) is 14.6 Å². The van der Waals surface area contributed by atoms with E-state index in [1.165, 1.54) is 17.0 Å². The Morgan fingerprint density at radius 2 is 1.90 bits per heavy atom. The second-order valence-corrected chi connectivity index (χ2v) is 8.14. The van der Waals surface area contributed by atoms with Crippen molar-refractivity contribution in [3.8, 4) is 0 Å². The highest BCUT2D eigenvalue weighted by atomic mass is 79.9. The Labute approximate surface area is 186 Å². The second-order valence-electron chi connectivity index (χ2n) is 7.22. The fraction of sp³-hybridized carbons (Fsp3) is 0.174. The number of aryl methyl sites for hydroxylation is 1. The summed E-state index contributed by atoms with van der Waals surface area (Å²) in [4.78, 5) is 30.1. The molecule has 1 aliphatic rings. The van der Waals surface area contributed by atoms with E-state index >= 15 is 0 Å². The molecule has 0 aliphatic carbocycles. The van der Waals surface area contributed by atoms with E-state index < -0.39 is 23.5 Å². The highest BCUT2D eigenvalue weighted by Crippen LogP contribution is 2.40. The summed E-state index contributed by atoms with van der Waals surface area (Å²) in [5.74, 6) is -2.42. The predicted molar refractivity (Wildman–Crippen MR) is 115 cm³/mol. The molecule has 6 nitrogen and oxygen atoms in total. The first-order chi connectivity index (χ1) is 15.0. The van der Waals surface area contributed by atoms with Crippen molar-refractivity contribution >= 4 is 33.4 Å². The summed E-state index contributed by atoms with van der Waals surface area (Å²) < 4.78 is 17.5. The number of hydrogen-bond acceptors (Lipinski definition) is 3. The summed E-state index contributed by atoms with van der Waals surface area (Å²) in [5, 5.41) is 10.9. The SMILES string of the molecule is O=C1C(=O)N(CCC[n+]2cc[nH]c2)C(c2ccccc2F)C1=C(O)c1ccc(Br)cc1. The molecule has 2 N–H and O–H groups in total. The number of ketones is 1. The van der Waals surface area contributed by atoms with Crippen molar-refractivity contribution < 1.29 is 23.7 Å². The molecular weight excluding hydrogens is 465 g/mol. The minimum absolute atomic E-state index is 0.105. The van der Waals surface area contributed by atoms with Crippen LogP contribution in [-0.4, -0.2) is 33.2 Å². The summed E-state index contributed by atoms with van der Waals surface area (Å²) in [6.07, 6.45) is 5.98. The molecule has 1 unspecified atom stereocenters. The van der Waals surface area contributed by atoms with Crippen LogP contribution in [0.5, 0.6) is 0 Å². The van der Waals surface area contributed by atoms with Crippen LogP contribution in [0.4, 0.5) is 4.39 Å². The first-order valence-electron chi connectivity index (χ1n) is 9.78. The number of aromatic amines is 1. The van der Waals surface area contributed by atoms with Crippen LogP contribution in [0.2, 0.25) is 0 Å². The number of benzene rings is 2. The van der Waals surface area contributed by atoms with Crippen molar-refractivity contribution in [3.05, 3.63) is 94.2 Å². The summed E-state index contributed by atoms with van der Waals surface area (Å²) >= 11 is 3.33. The van der Waals surface area contributed by atoms with E-state index in [9.17, 15) is 19.1 Å². The van der Waals surface area contributed by atoms with Crippen LogP contribution in [0.1, 0.15) is 23.6 Å². The molecule has 31 heavy (non-hydrogen) atoms. The molecule has 1 amide bonds. The summed E-state index contributed by atoms with van der Waals surface area (Å²) in [5.41, 5.74) is 0.451. The highest BCUT2D eigenvalue weighted by Gasteiger charge is 2.46. The minimum Gasteiger partial charge on any atom is -0.507 e. The number of Topliss-reactive ketones (excluding diaryl/α,β-unsaturated/α-hetero) is 1. The molecule has 0 radical (unpaired) electrons. The predicted octanol–water partition coefficient (Wildman–Crippen LogP) is 3.72. The Morgan fingerprint density at radius 3 is 2.58 bits per heavy atom. The van der Waals surface area contributed by atoms with Gasteiger partial charge in [0.2, 0.25) is 6.33 Å². The number of hydrogen-bond donors (Lipinski definition) is 2. The smallest absolute Gasteiger partial charge is 0.295 e. The Bertz CT molecular complexity index is 1140. The van der Waals surface area contributed by atoms with Gasteiger partial charge in [0.25, 0.3) is 11.7 Å². The van der Waals surface area contributed by atoms with Crippen LogP contribution < -0.4 is 4.57 Å². The summed E-state index contributed by atoms with van der Waals surface area (Å²) in [6.45, 7) is 0.849. The van der Waals surface area contributed by atoms with Crippen molar-refractivity contribution in [2.45, 2.75) is 19.0 Å². The van der Waals surface area contributed by atoms with Gasteiger partial charge in [0.15, 0.2) is 0 Å². The van der Waals surface area contributed by atoms with Gasteiger partial charge in [0.1, 0.15) is 24.0 Å². The quantitative estimate of drug-likeness (QED) is 0.242. The molecule has 1 fully saturated rings. The molecule has 1 saturated heterocycles. The third-order valence-electron chi connectivity index (χ3n) is 5.28. The molecule has 8 heteroatoms. The summed E-state index contributed by atoms with van der Waals surface area (Å²) in [7, 11) is 0. The zero-order valence-electron chi connectivity index (χ0n) is 16.5. The number of nitrogens with zero attached hydrogens (tertiary/aromatic N) is 2. The van der Waals surface area contributed by atoms with Crippen molar-refractivity contribution in [1.29, 1.82) is 0 Å². The van der Waals surface area contributed by atoms with Gasteiger partial charge in [-0.15, -0.1) is 0 Å². The zero-order chi connectivity index (χ0) is 22.0. The lowest BCUT2D eigenvalue weighted by Crippen LogP contribution is -2.36. The number of aliphatic hydroxyl groups excluding tert-OH is 1. The molecular formula is C23H20BrFN3O3+. The maximum Gasteiger partial charge on any atom is 0.295 e. The number of imidazole rings is 1. The molecule has 4 rings (SSSR count). The first-order valence-corrected chi connectivity index (χ1v) is 10.6. The number of rotatable bonds is 6. The van der Waals surface area contributed by atoms with Gasteiger partial charge < -0.3 is 10.0 Å². The van der Waals surface area contributed by atoms with Crippen molar-refractivity contribution in [2.24, 2.45) is 0 Å². The molecule has 0 bridgehead atoms. The molecule has 0 saturated carbocycles. The first kappa shape index (κ1) is 21.0. The van der Waals surface area contributed by atoms with Crippen molar-refractivity contribution in [2.75, 3.05) is 6.54 Å². The average molecular weight is 485 g/mol. The second kappa shape index (κ2) is 8.85. The number of amides is 1. The molecule has 1 aromatic heterocycles. The number of aromatic nitrogens is 2. The Morgan fingerprint density at radius 1 is 1.16 bits per heavy atom. The zero-order valence-corrected chi connectivity index (χ0v) is 18.0. The fourth-order valence-corrected chi connectivity index (χ4v) is 4.04. The van der Waals surface area contributed by atoms with Crippen molar-refractivity contribution in [3.63, 3.8) is 0 Å². The number of carbonyl (C=O) groups is 2. The van der Waals surface area contributed by atoms with Gasteiger partial charge in [0, 0.05) is 28.6 Å². The number of H-pyrrole nitrogens is 1. The standard InChI is InChI=1S/C23H19BrFN3O3/c24-16-8-6-15(7-9-16)21(29)19-20(17-4-1-2-5-18(17)25)28(23(31)22(19)30)12-3-11-27-13-10-26-14-27/h1-2,4-10,13-14,20H,3,11-12H2,(H,29,30)/p+1. The minimum atomic E-state index is -0.999. The Hall–Kier alpha value is -3.26. The molecule has 2 heterocycles. The van der Waals surface area contributed by atoms with E-state index in [-0.39, 0.29) is 23.4 Å². The van der Waals surface area contributed by atoms with Gasteiger partial charge in [-0.25, -0.2) is 8.96 Å². The molecule has 1 atom stereocenters. The van der Waals surface area contributed by atoms with Gasteiger partial charge >= 0.3 is 0 Å². The normalized spacial score (nSPS) is 18.0. The lowest BCUT2D eigenvalue weighted by atomic mass is 9.95. The third-order valence-corrected chi connectivity index (χ3v) is 5.80. The number of carbonyl (C=O) groups excluding carboxylic acids is 2. The largest absolute Gasteiger partial charge is 0.507 e. The van der Waals surface area contributed by atoms with Gasteiger partial charge in [0.05, 0.1) is 18.2 Å². The molecule has 2 aromatic carbocycles. The van der Waals surface area contributed by atoms with Crippen LogP contribution in [0.3, 0.4) is 0 Å². The molecule has 158 valence electrons. The maximum atomic E-state index is 14.7. The van der Waals surface area contributed by atoms with E-state index in [1.54, 1.807) is 48.9 Å². The Kier molecular flexibility index (Phi) is 5.99. The van der Waals surface area contributed by atoms with Crippen LogP contribution in [0.15, 0.2) is 77.3 Å². The summed E-state index contributed by atoms with van der Waals surface area (Å²) in [6, 6.07) is 11.7. The lowest BCUT2D eigenvalue weighted by Gasteiger charge is -2.25.